The summed E-state index contributed by atoms with van der Waals surface area (Å²) in [6, 6.07) is -2.01. The van der Waals surface area contributed by atoms with Crippen LogP contribution in [0.5, 0.6) is 0 Å². The molecule has 2 fully saturated rings. The molecular weight excluding hydrogens is 374 g/mol. The predicted octanol–water partition coefficient (Wildman–Crippen LogP) is 0.193. The number of H-pyrrole nitrogens is 1. The number of nitrogens with zero attached hydrogens (tertiary/aromatic N) is 2. The van der Waals surface area contributed by atoms with E-state index in [0.29, 0.717) is 31.4 Å². The molecule has 2 heterocycles. The van der Waals surface area contributed by atoms with Gasteiger partial charge in [0, 0.05) is 43.0 Å². The third kappa shape index (κ3) is 3.76. The average molecular weight is 404 g/mol. The van der Waals surface area contributed by atoms with Gasteiger partial charge >= 0.3 is 11.8 Å². The molecule has 2 unspecified atom stereocenters. The predicted molar refractivity (Wildman–Crippen MR) is 104 cm³/mol. The van der Waals surface area contributed by atoms with Crippen LogP contribution >= 0.6 is 0 Å². The molecule has 4 atom stereocenters. The lowest BCUT2D eigenvalue weighted by Gasteiger charge is -2.40. The zero-order valence-corrected chi connectivity index (χ0v) is 17.0. The molecule has 2 aliphatic rings. The number of quaternary nitrogens is 1. The van der Waals surface area contributed by atoms with E-state index >= 15 is 0 Å². The Morgan fingerprint density at radius 1 is 1.38 bits per heavy atom. The molecule has 1 saturated heterocycles. The van der Waals surface area contributed by atoms with Crippen LogP contribution < -0.4 is 11.5 Å². The van der Waals surface area contributed by atoms with E-state index in [1.807, 2.05) is 13.8 Å². The number of imide groups is 1. The number of likely N-dealkylation sites (tertiary alicyclic amines) is 1. The first kappa shape index (κ1) is 21.3. The highest BCUT2D eigenvalue weighted by atomic mass is 16.2. The first-order valence-electron chi connectivity index (χ1n) is 10.1. The molecule has 1 aliphatic heterocycles. The van der Waals surface area contributed by atoms with Gasteiger partial charge < -0.3 is 16.5 Å². The second-order valence-corrected chi connectivity index (χ2v) is 9.03. The number of hydrogen-bond donors (Lipinski definition) is 3. The SMILES string of the molecule is CC1(C)CC[N+](C(=O)C2CCCC(=O)C2)(C(=O)[C@@H](N)Cc2cnc[nH]2)[C@@H]1C(N)=O. The molecule has 0 spiro atoms. The minimum absolute atomic E-state index is 0.0102. The zero-order valence-electron chi connectivity index (χ0n) is 17.0. The number of ketones is 1. The Hall–Kier alpha value is -2.39. The summed E-state index contributed by atoms with van der Waals surface area (Å²) >= 11 is 0. The third-order valence-corrected chi connectivity index (χ3v) is 6.49. The number of amides is 3. The van der Waals surface area contributed by atoms with Crippen LogP contribution in [0.4, 0.5) is 0 Å². The molecule has 9 heteroatoms. The summed E-state index contributed by atoms with van der Waals surface area (Å²) in [5.74, 6) is -2.18. The molecule has 3 amide bonds. The molecule has 1 aromatic rings. The number of aromatic amines is 1. The number of rotatable bonds is 5. The van der Waals surface area contributed by atoms with Crippen LogP contribution in [-0.4, -0.2) is 56.6 Å². The minimum atomic E-state index is -1.01. The molecule has 9 nitrogen and oxygen atoms in total. The standard InChI is InChI=1S/C20H29N5O4/c1-20(2)6-7-25(16(20)17(22)27,18(28)12-4-3-5-14(26)8-12)19(29)15(21)9-13-10-23-11-24-13/h10-12,15-16H,3-9,21H2,1-2H3,(H2-,22,23,24,27)/p+1/t12?,15-,16+,25?/m0/s1. The Morgan fingerprint density at radius 2 is 2.10 bits per heavy atom. The van der Waals surface area contributed by atoms with E-state index in [0.717, 1.165) is 0 Å². The molecule has 1 saturated carbocycles. The molecule has 0 aromatic carbocycles. The lowest BCUT2D eigenvalue weighted by molar-refractivity contribution is -0.788. The number of hydrogen-bond acceptors (Lipinski definition) is 6. The van der Waals surface area contributed by atoms with Gasteiger partial charge in [-0.05, 0) is 12.8 Å². The number of carbonyl (C=O) groups excluding carboxylic acids is 4. The van der Waals surface area contributed by atoms with Crippen LogP contribution in [0.1, 0.15) is 51.6 Å². The van der Waals surface area contributed by atoms with E-state index in [9.17, 15) is 19.2 Å². The van der Waals surface area contributed by atoms with E-state index < -0.39 is 45.6 Å². The number of nitrogens with two attached hydrogens (primary N) is 2. The van der Waals surface area contributed by atoms with Crippen molar-refractivity contribution in [1.29, 1.82) is 0 Å². The van der Waals surface area contributed by atoms with Crippen molar-refractivity contribution in [2.75, 3.05) is 6.54 Å². The summed E-state index contributed by atoms with van der Waals surface area (Å²) in [5, 5.41) is 0. The summed E-state index contributed by atoms with van der Waals surface area (Å²) in [6.07, 6.45) is 5.39. The molecular formula is C20H30N5O4+. The Bertz CT molecular complexity index is 819. The Labute approximate surface area is 169 Å². The highest BCUT2D eigenvalue weighted by Gasteiger charge is 2.65. The topological polar surface area (TPSA) is 149 Å². The van der Waals surface area contributed by atoms with E-state index in [4.69, 9.17) is 11.5 Å². The summed E-state index contributed by atoms with van der Waals surface area (Å²) < 4.78 is -0.685. The molecule has 1 aliphatic carbocycles. The summed E-state index contributed by atoms with van der Waals surface area (Å²) in [5.41, 5.74) is 12.0. The van der Waals surface area contributed by atoms with Crippen molar-refractivity contribution in [1.82, 2.24) is 9.97 Å². The minimum Gasteiger partial charge on any atom is -0.364 e. The monoisotopic (exact) mass is 404 g/mol. The second-order valence-electron chi connectivity index (χ2n) is 9.03. The lowest BCUT2D eigenvalue weighted by Crippen LogP contribution is -2.70. The molecule has 158 valence electrons. The maximum absolute atomic E-state index is 13.7. The molecule has 29 heavy (non-hydrogen) atoms. The number of carbonyl (C=O) groups is 4. The quantitative estimate of drug-likeness (QED) is 0.597. The molecule has 3 rings (SSSR count). The maximum Gasteiger partial charge on any atom is 0.338 e. The van der Waals surface area contributed by atoms with Crippen LogP contribution in [-0.2, 0) is 25.6 Å². The fourth-order valence-electron chi connectivity index (χ4n) is 5.09. The Balaban J connectivity index is 2.01. The molecule has 1 aromatic heterocycles. The molecule has 0 bridgehead atoms. The largest absolute Gasteiger partial charge is 0.364 e. The zero-order chi connectivity index (χ0) is 21.4. The van der Waals surface area contributed by atoms with Crippen molar-refractivity contribution >= 4 is 23.5 Å². The van der Waals surface area contributed by atoms with Gasteiger partial charge in [-0.3, -0.25) is 9.59 Å². The van der Waals surface area contributed by atoms with Gasteiger partial charge in [-0.2, -0.15) is 4.48 Å². The summed E-state index contributed by atoms with van der Waals surface area (Å²) in [4.78, 5) is 58.7. The first-order valence-corrected chi connectivity index (χ1v) is 10.1. The fraction of sp³-hybridized carbons (Fsp3) is 0.650. The van der Waals surface area contributed by atoms with E-state index in [2.05, 4.69) is 9.97 Å². The van der Waals surface area contributed by atoms with Gasteiger partial charge in [0.15, 0.2) is 6.04 Å². The van der Waals surface area contributed by atoms with Gasteiger partial charge in [-0.25, -0.2) is 14.6 Å². The van der Waals surface area contributed by atoms with Crippen LogP contribution in [0, 0.1) is 11.3 Å². The highest BCUT2D eigenvalue weighted by Crippen LogP contribution is 2.44. The van der Waals surface area contributed by atoms with Crippen LogP contribution in [0.15, 0.2) is 12.5 Å². The highest BCUT2D eigenvalue weighted by molar-refractivity contribution is 5.95. The van der Waals surface area contributed by atoms with Gasteiger partial charge in [0.2, 0.25) is 0 Å². The van der Waals surface area contributed by atoms with Crippen molar-refractivity contribution in [2.24, 2.45) is 22.8 Å². The Morgan fingerprint density at radius 3 is 2.69 bits per heavy atom. The van der Waals surface area contributed by atoms with Crippen molar-refractivity contribution in [3.8, 4) is 0 Å². The smallest absolute Gasteiger partial charge is 0.338 e. The summed E-state index contributed by atoms with van der Waals surface area (Å²) in [6.45, 7) is 3.85. The maximum atomic E-state index is 13.7. The second kappa shape index (κ2) is 7.79. The van der Waals surface area contributed by atoms with Crippen molar-refractivity contribution in [2.45, 2.75) is 64.5 Å². The van der Waals surface area contributed by atoms with Crippen molar-refractivity contribution < 1.29 is 23.7 Å². The number of imidazole rings is 1. The van der Waals surface area contributed by atoms with Gasteiger partial charge in [0.25, 0.3) is 5.91 Å². The molecule has 5 N–H and O–H groups in total. The number of Topliss-reactive ketones (excluding diaryl/α,β-unsaturated/α-hetero) is 1. The molecule has 0 radical (unpaired) electrons. The van der Waals surface area contributed by atoms with Gasteiger partial charge in [-0.1, -0.05) is 13.8 Å². The van der Waals surface area contributed by atoms with Crippen LogP contribution in [0.2, 0.25) is 0 Å². The van der Waals surface area contributed by atoms with Gasteiger partial charge in [0.05, 0.1) is 18.8 Å². The normalized spacial score (nSPS) is 30.1. The van der Waals surface area contributed by atoms with E-state index in [-0.39, 0.29) is 25.2 Å². The summed E-state index contributed by atoms with van der Waals surface area (Å²) in [7, 11) is 0. The van der Waals surface area contributed by atoms with Gasteiger partial charge in [0.1, 0.15) is 11.8 Å². The van der Waals surface area contributed by atoms with Gasteiger partial charge in [-0.15, -0.1) is 0 Å². The fourth-order valence-corrected chi connectivity index (χ4v) is 5.09. The van der Waals surface area contributed by atoms with Crippen molar-refractivity contribution in [3.63, 3.8) is 0 Å². The number of nitrogens with one attached hydrogen (secondary N) is 1. The number of primary amides is 1. The van der Waals surface area contributed by atoms with E-state index in [1.165, 1.54) is 6.33 Å². The van der Waals surface area contributed by atoms with Crippen LogP contribution in [0.25, 0.3) is 0 Å². The van der Waals surface area contributed by atoms with Crippen LogP contribution in [0.3, 0.4) is 0 Å². The average Bonchev–Trinajstić information content (AvgIpc) is 3.26. The van der Waals surface area contributed by atoms with Crippen molar-refractivity contribution in [3.05, 3.63) is 18.2 Å². The first-order chi connectivity index (χ1) is 13.6. The lowest BCUT2D eigenvalue weighted by atomic mass is 9.82. The number of aromatic nitrogens is 2. The Kier molecular flexibility index (Phi) is 5.73. The third-order valence-electron chi connectivity index (χ3n) is 6.49. The van der Waals surface area contributed by atoms with E-state index in [1.54, 1.807) is 6.20 Å².